The molecule has 0 fully saturated rings. The van der Waals surface area contributed by atoms with Crippen LogP contribution in [0, 0.1) is 0 Å². The first kappa shape index (κ1) is 22.4. The molecule has 3 rings (SSSR count). The second-order valence-corrected chi connectivity index (χ2v) is 7.08. The van der Waals surface area contributed by atoms with Gasteiger partial charge < -0.3 is 19.7 Å². The molecule has 0 aliphatic carbocycles. The minimum Gasteiger partial charge on any atom is -0.493 e. The van der Waals surface area contributed by atoms with Crippen LogP contribution in [0.25, 0.3) is 5.69 Å². The van der Waals surface area contributed by atoms with Gasteiger partial charge in [0.1, 0.15) is 6.61 Å². The van der Waals surface area contributed by atoms with E-state index in [1.165, 1.54) is 0 Å². The molecule has 7 nitrogen and oxygen atoms in total. The summed E-state index contributed by atoms with van der Waals surface area (Å²) in [7, 11) is 1.61. The number of hydrogen-bond donors (Lipinski definition) is 1. The van der Waals surface area contributed by atoms with Crippen LogP contribution >= 0.6 is 0 Å². The van der Waals surface area contributed by atoms with E-state index < -0.39 is 0 Å². The lowest BCUT2D eigenvalue weighted by atomic mass is 10.1. The SMILES string of the molecule is CCN(CC)CCOc1cc(NC(=O)Cc2ccc(-n3cccn3)cc2)ccc1OC. The second kappa shape index (κ2) is 11.2. The molecule has 1 heterocycles. The number of amides is 1. The van der Waals surface area contributed by atoms with Gasteiger partial charge in [-0.2, -0.15) is 5.10 Å². The molecule has 164 valence electrons. The lowest BCUT2D eigenvalue weighted by Crippen LogP contribution is -2.28. The second-order valence-electron chi connectivity index (χ2n) is 7.08. The smallest absolute Gasteiger partial charge is 0.228 e. The molecule has 1 N–H and O–H groups in total. The van der Waals surface area contributed by atoms with Gasteiger partial charge in [-0.15, -0.1) is 0 Å². The predicted molar refractivity (Wildman–Crippen MR) is 122 cm³/mol. The van der Waals surface area contributed by atoms with Gasteiger partial charge in [-0.25, -0.2) is 4.68 Å². The molecule has 0 aliphatic rings. The summed E-state index contributed by atoms with van der Waals surface area (Å²) in [5.41, 5.74) is 2.56. The number of benzene rings is 2. The summed E-state index contributed by atoms with van der Waals surface area (Å²) in [5.74, 6) is 1.17. The standard InChI is InChI=1S/C24H30N4O3/c1-4-27(5-2)15-16-31-23-18-20(9-12-22(23)30-3)26-24(29)17-19-7-10-21(11-8-19)28-14-6-13-25-28/h6-14,18H,4-5,15-17H2,1-3H3,(H,26,29). The lowest BCUT2D eigenvalue weighted by molar-refractivity contribution is -0.115. The maximum atomic E-state index is 12.5. The van der Waals surface area contributed by atoms with Crippen molar-refractivity contribution in [2.24, 2.45) is 0 Å². The first-order valence-corrected chi connectivity index (χ1v) is 10.5. The molecule has 2 aromatic carbocycles. The number of aromatic nitrogens is 2. The van der Waals surface area contributed by atoms with Crippen LogP contribution in [0.4, 0.5) is 5.69 Å². The highest BCUT2D eigenvalue weighted by Gasteiger charge is 2.10. The van der Waals surface area contributed by atoms with E-state index in [1.807, 2.05) is 42.6 Å². The lowest BCUT2D eigenvalue weighted by Gasteiger charge is -2.19. The number of likely N-dealkylation sites (N-methyl/N-ethyl adjacent to an activating group) is 1. The molecule has 1 aromatic heterocycles. The Morgan fingerprint density at radius 2 is 1.87 bits per heavy atom. The Balaban J connectivity index is 1.59. The van der Waals surface area contributed by atoms with E-state index in [0.29, 0.717) is 23.8 Å². The Morgan fingerprint density at radius 3 is 2.52 bits per heavy atom. The van der Waals surface area contributed by atoms with Crippen LogP contribution < -0.4 is 14.8 Å². The number of hydrogen-bond acceptors (Lipinski definition) is 5. The minimum absolute atomic E-state index is 0.0916. The van der Waals surface area contributed by atoms with E-state index in [9.17, 15) is 4.79 Å². The molecule has 0 bridgehead atoms. The number of ether oxygens (including phenoxy) is 2. The van der Waals surface area contributed by atoms with E-state index in [-0.39, 0.29) is 12.3 Å². The fourth-order valence-electron chi connectivity index (χ4n) is 3.27. The average Bonchev–Trinajstić information content (AvgIpc) is 3.32. The van der Waals surface area contributed by atoms with Crippen LogP contribution in [0.2, 0.25) is 0 Å². The van der Waals surface area contributed by atoms with Gasteiger partial charge in [0, 0.05) is 30.7 Å². The number of rotatable bonds is 11. The molecular formula is C24H30N4O3. The van der Waals surface area contributed by atoms with Gasteiger partial charge in [-0.05, 0) is 49.0 Å². The van der Waals surface area contributed by atoms with E-state index in [1.54, 1.807) is 30.1 Å². The molecule has 7 heteroatoms. The molecule has 0 radical (unpaired) electrons. The monoisotopic (exact) mass is 422 g/mol. The predicted octanol–water partition coefficient (Wildman–Crippen LogP) is 3.78. The van der Waals surface area contributed by atoms with E-state index in [0.717, 1.165) is 30.9 Å². The molecule has 0 atom stereocenters. The number of carbonyl (C=O) groups is 1. The highest BCUT2D eigenvalue weighted by atomic mass is 16.5. The average molecular weight is 423 g/mol. The third-order valence-electron chi connectivity index (χ3n) is 5.08. The maximum Gasteiger partial charge on any atom is 0.228 e. The quantitative estimate of drug-likeness (QED) is 0.509. The van der Waals surface area contributed by atoms with Gasteiger partial charge in [0.05, 0.1) is 19.2 Å². The summed E-state index contributed by atoms with van der Waals surface area (Å²) in [4.78, 5) is 14.8. The molecule has 1 amide bonds. The summed E-state index contributed by atoms with van der Waals surface area (Å²) in [6, 6.07) is 15.1. The zero-order chi connectivity index (χ0) is 22.1. The fourth-order valence-corrected chi connectivity index (χ4v) is 3.27. The van der Waals surface area contributed by atoms with Gasteiger partial charge in [0.25, 0.3) is 0 Å². The van der Waals surface area contributed by atoms with Gasteiger partial charge in [-0.1, -0.05) is 26.0 Å². The van der Waals surface area contributed by atoms with Crippen molar-refractivity contribution in [3.05, 3.63) is 66.5 Å². The first-order valence-electron chi connectivity index (χ1n) is 10.5. The highest BCUT2D eigenvalue weighted by Crippen LogP contribution is 2.30. The number of anilines is 1. The number of methoxy groups -OCH3 is 1. The van der Waals surface area contributed by atoms with Gasteiger partial charge >= 0.3 is 0 Å². The van der Waals surface area contributed by atoms with Crippen LogP contribution in [0.5, 0.6) is 11.5 Å². The highest BCUT2D eigenvalue weighted by molar-refractivity contribution is 5.92. The summed E-state index contributed by atoms with van der Waals surface area (Å²) in [6.07, 6.45) is 3.90. The molecule has 0 saturated carbocycles. The van der Waals surface area contributed by atoms with Crippen molar-refractivity contribution in [3.8, 4) is 17.2 Å². The van der Waals surface area contributed by atoms with Crippen molar-refractivity contribution < 1.29 is 14.3 Å². The molecule has 0 spiro atoms. The molecular weight excluding hydrogens is 392 g/mol. The first-order chi connectivity index (χ1) is 15.1. The maximum absolute atomic E-state index is 12.5. The Kier molecular flexibility index (Phi) is 8.06. The molecule has 3 aromatic rings. The fraction of sp³-hybridized carbons (Fsp3) is 0.333. The Labute approximate surface area is 183 Å². The summed E-state index contributed by atoms with van der Waals surface area (Å²) < 4.78 is 13.1. The third-order valence-corrected chi connectivity index (χ3v) is 5.08. The zero-order valence-corrected chi connectivity index (χ0v) is 18.4. The normalized spacial score (nSPS) is 10.8. The Hall–Kier alpha value is -3.32. The van der Waals surface area contributed by atoms with Gasteiger partial charge in [0.15, 0.2) is 11.5 Å². The van der Waals surface area contributed by atoms with Crippen LogP contribution in [-0.4, -0.2) is 53.9 Å². The summed E-state index contributed by atoms with van der Waals surface area (Å²) in [5, 5.41) is 7.15. The summed E-state index contributed by atoms with van der Waals surface area (Å²) >= 11 is 0. The summed E-state index contributed by atoms with van der Waals surface area (Å²) in [6.45, 7) is 7.61. The van der Waals surface area contributed by atoms with Gasteiger partial charge in [-0.3, -0.25) is 4.79 Å². The van der Waals surface area contributed by atoms with Crippen molar-refractivity contribution >= 4 is 11.6 Å². The molecule has 0 unspecified atom stereocenters. The van der Waals surface area contributed by atoms with E-state index >= 15 is 0 Å². The Bertz CT molecular complexity index is 951. The molecule has 0 aliphatic heterocycles. The third kappa shape index (κ3) is 6.33. The number of nitrogens with zero attached hydrogens (tertiary/aromatic N) is 3. The number of nitrogens with one attached hydrogen (secondary N) is 1. The van der Waals surface area contributed by atoms with Crippen LogP contribution in [0.1, 0.15) is 19.4 Å². The van der Waals surface area contributed by atoms with Crippen LogP contribution in [-0.2, 0) is 11.2 Å². The van der Waals surface area contributed by atoms with Crippen LogP contribution in [0.3, 0.4) is 0 Å². The van der Waals surface area contributed by atoms with Crippen molar-refractivity contribution in [1.82, 2.24) is 14.7 Å². The van der Waals surface area contributed by atoms with Crippen molar-refractivity contribution in [2.45, 2.75) is 20.3 Å². The minimum atomic E-state index is -0.0916. The topological polar surface area (TPSA) is 68.6 Å². The zero-order valence-electron chi connectivity index (χ0n) is 18.4. The number of carbonyl (C=O) groups excluding carboxylic acids is 1. The molecule has 0 saturated heterocycles. The van der Waals surface area contributed by atoms with Crippen molar-refractivity contribution in [3.63, 3.8) is 0 Å². The van der Waals surface area contributed by atoms with Crippen molar-refractivity contribution in [2.75, 3.05) is 38.7 Å². The van der Waals surface area contributed by atoms with Gasteiger partial charge in [0.2, 0.25) is 5.91 Å². The largest absolute Gasteiger partial charge is 0.493 e. The molecule has 31 heavy (non-hydrogen) atoms. The van der Waals surface area contributed by atoms with E-state index in [2.05, 4.69) is 29.2 Å². The Morgan fingerprint density at radius 1 is 1.10 bits per heavy atom. The van der Waals surface area contributed by atoms with Crippen molar-refractivity contribution in [1.29, 1.82) is 0 Å². The van der Waals surface area contributed by atoms with E-state index in [4.69, 9.17) is 9.47 Å². The van der Waals surface area contributed by atoms with Crippen LogP contribution in [0.15, 0.2) is 60.9 Å².